The third-order valence-electron chi connectivity index (χ3n) is 3.28. The fourth-order valence-electron chi connectivity index (χ4n) is 2.33. The lowest BCUT2D eigenvalue weighted by Crippen LogP contribution is -2.44. The molecule has 2 N–H and O–H groups in total. The molecule has 7 heteroatoms. The molecule has 0 bridgehead atoms. The zero-order chi connectivity index (χ0) is 16.5. The van der Waals surface area contributed by atoms with Crippen LogP contribution in [0.15, 0.2) is 29.8 Å². The Labute approximate surface area is 131 Å². The van der Waals surface area contributed by atoms with Gasteiger partial charge in [-0.2, -0.15) is 5.26 Å². The molecule has 0 saturated heterocycles. The molecule has 0 radical (unpaired) electrons. The number of nitrogens with two attached hydrogens (primary N) is 1. The number of nitrogens with zero attached hydrogens (tertiary/aromatic N) is 1. The predicted molar refractivity (Wildman–Crippen MR) is 77.7 cm³/mol. The van der Waals surface area contributed by atoms with E-state index in [4.69, 9.17) is 22.1 Å². The molecule has 1 atom stereocenters. The molecule has 112 valence electrons. The number of hydrogen-bond donors (Lipinski definition) is 1. The van der Waals surface area contributed by atoms with E-state index < -0.39 is 28.1 Å². The van der Waals surface area contributed by atoms with Crippen LogP contribution in [-0.4, -0.2) is 29.1 Å². The Hall–Kier alpha value is -2.65. The van der Waals surface area contributed by atoms with Crippen molar-refractivity contribution in [3.8, 4) is 6.07 Å². The summed E-state index contributed by atoms with van der Waals surface area (Å²) in [5.41, 5.74) is 4.90. The van der Waals surface area contributed by atoms with E-state index in [1.165, 1.54) is 12.1 Å². The van der Waals surface area contributed by atoms with Gasteiger partial charge in [-0.3, -0.25) is 9.59 Å². The maximum Gasteiger partial charge on any atom is 0.349 e. The first-order valence-corrected chi connectivity index (χ1v) is 6.72. The number of ketones is 1. The number of Topliss-reactive ketones (excluding diaryl/α,β-unsaturated/α-hetero) is 1. The highest BCUT2D eigenvalue weighted by atomic mass is 35.5. The first kappa shape index (κ1) is 15.7. The standard InChI is InChI=1S/C15H11ClN2O4/c1-2-22-13(20)10(7-17)11-8-5-3-4-6-9(8)12(19)15(11,16)14(18)21/h3-6H,2H2,1H3,(H2,18,21). The van der Waals surface area contributed by atoms with Crippen LogP contribution >= 0.6 is 11.6 Å². The molecule has 0 aliphatic heterocycles. The minimum Gasteiger partial charge on any atom is -0.462 e. The van der Waals surface area contributed by atoms with Gasteiger partial charge >= 0.3 is 5.97 Å². The largest absolute Gasteiger partial charge is 0.462 e. The van der Waals surface area contributed by atoms with E-state index in [9.17, 15) is 19.6 Å². The summed E-state index contributed by atoms with van der Waals surface area (Å²) in [7, 11) is 0. The average molecular weight is 319 g/mol. The van der Waals surface area contributed by atoms with Gasteiger partial charge in [0, 0.05) is 11.1 Å². The lowest BCUT2D eigenvalue weighted by Gasteiger charge is -2.18. The highest BCUT2D eigenvalue weighted by molar-refractivity contribution is 6.58. The van der Waals surface area contributed by atoms with Gasteiger partial charge in [0.2, 0.25) is 4.87 Å². The van der Waals surface area contributed by atoms with Gasteiger partial charge in [-0.05, 0) is 12.5 Å². The molecule has 1 aliphatic carbocycles. The molecule has 1 aliphatic rings. The second-order valence-electron chi connectivity index (χ2n) is 4.48. The Morgan fingerprint density at radius 1 is 1.36 bits per heavy atom. The summed E-state index contributed by atoms with van der Waals surface area (Å²) in [4.78, 5) is 33.9. The van der Waals surface area contributed by atoms with Crippen molar-refractivity contribution in [1.82, 2.24) is 0 Å². The van der Waals surface area contributed by atoms with E-state index in [2.05, 4.69) is 0 Å². The van der Waals surface area contributed by atoms with E-state index >= 15 is 0 Å². The molecule has 1 amide bonds. The second kappa shape index (κ2) is 5.62. The van der Waals surface area contributed by atoms with Gasteiger partial charge < -0.3 is 10.5 Å². The first-order valence-electron chi connectivity index (χ1n) is 6.34. The summed E-state index contributed by atoms with van der Waals surface area (Å²) in [6.45, 7) is 1.59. The van der Waals surface area contributed by atoms with Crippen LogP contribution in [0.3, 0.4) is 0 Å². The summed E-state index contributed by atoms with van der Waals surface area (Å²) < 4.78 is 4.79. The highest BCUT2D eigenvalue weighted by Crippen LogP contribution is 2.46. The highest BCUT2D eigenvalue weighted by Gasteiger charge is 2.55. The lowest BCUT2D eigenvalue weighted by atomic mass is 9.92. The Kier molecular flexibility index (Phi) is 4.02. The summed E-state index contributed by atoms with van der Waals surface area (Å²) in [5.74, 6) is -2.87. The van der Waals surface area contributed by atoms with Crippen molar-refractivity contribution in [2.45, 2.75) is 11.8 Å². The number of fused-ring (bicyclic) bond motifs is 1. The molecule has 0 saturated carbocycles. The Balaban J connectivity index is 2.85. The van der Waals surface area contributed by atoms with Gasteiger partial charge in [0.25, 0.3) is 5.91 Å². The van der Waals surface area contributed by atoms with Crippen molar-refractivity contribution in [3.63, 3.8) is 0 Å². The summed E-state index contributed by atoms with van der Waals surface area (Å²) >= 11 is 6.16. The van der Waals surface area contributed by atoms with Gasteiger partial charge in [0.1, 0.15) is 11.6 Å². The lowest BCUT2D eigenvalue weighted by molar-refractivity contribution is -0.137. The van der Waals surface area contributed by atoms with Crippen LogP contribution in [0.1, 0.15) is 22.8 Å². The summed E-state index contributed by atoms with van der Waals surface area (Å²) in [5, 5.41) is 9.28. The smallest absolute Gasteiger partial charge is 0.349 e. The van der Waals surface area contributed by atoms with Gasteiger partial charge in [0.15, 0.2) is 5.78 Å². The maximum atomic E-state index is 12.4. The molecular formula is C15H11ClN2O4. The molecule has 0 fully saturated rings. The Morgan fingerprint density at radius 3 is 2.45 bits per heavy atom. The summed E-state index contributed by atoms with van der Waals surface area (Å²) in [6.07, 6.45) is 0. The van der Waals surface area contributed by atoms with Gasteiger partial charge in [-0.15, -0.1) is 0 Å². The molecule has 2 rings (SSSR count). The molecule has 22 heavy (non-hydrogen) atoms. The minimum atomic E-state index is -2.29. The van der Waals surface area contributed by atoms with Crippen molar-refractivity contribution in [3.05, 3.63) is 41.0 Å². The molecule has 1 aromatic rings. The number of ether oxygens (including phenoxy) is 1. The molecule has 1 aromatic carbocycles. The van der Waals surface area contributed by atoms with Crippen molar-refractivity contribution in [2.24, 2.45) is 5.73 Å². The number of nitriles is 1. The van der Waals surface area contributed by atoms with E-state index in [0.717, 1.165) is 0 Å². The van der Waals surface area contributed by atoms with Crippen molar-refractivity contribution in [2.75, 3.05) is 6.61 Å². The van der Waals surface area contributed by atoms with E-state index in [1.54, 1.807) is 25.1 Å². The number of primary amides is 1. The summed E-state index contributed by atoms with van der Waals surface area (Å²) in [6, 6.07) is 7.77. The van der Waals surface area contributed by atoms with E-state index in [-0.39, 0.29) is 23.3 Å². The minimum absolute atomic E-state index is 0.0265. The topological polar surface area (TPSA) is 110 Å². The SMILES string of the molecule is CCOC(=O)C(C#N)=C1c2ccccc2C(=O)C1(Cl)C(N)=O. The van der Waals surface area contributed by atoms with Crippen LogP contribution < -0.4 is 5.73 Å². The van der Waals surface area contributed by atoms with E-state index in [1.807, 2.05) is 0 Å². The fraction of sp³-hybridized carbons (Fsp3) is 0.200. The molecule has 0 aromatic heterocycles. The molecule has 0 spiro atoms. The number of benzene rings is 1. The number of esters is 1. The van der Waals surface area contributed by atoms with Crippen LogP contribution in [0, 0.1) is 11.3 Å². The molecule has 0 heterocycles. The molecular weight excluding hydrogens is 308 g/mol. The number of halogens is 1. The number of alkyl halides is 1. The normalized spacial score (nSPS) is 21.8. The average Bonchev–Trinajstić information content (AvgIpc) is 2.72. The maximum absolute atomic E-state index is 12.4. The third-order valence-corrected chi connectivity index (χ3v) is 3.83. The van der Waals surface area contributed by atoms with Crippen LogP contribution in [0.25, 0.3) is 5.57 Å². The zero-order valence-electron chi connectivity index (χ0n) is 11.6. The van der Waals surface area contributed by atoms with Crippen molar-refractivity contribution in [1.29, 1.82) is 5.26 Å². The number of carbonyl (C=O) groups is 3. The monoisotopic (exact) mass is 318 g/mol. The van der Waals surface area contributed by atoms with Gasteiger partial charge in [-0.25, -0.2) is 4.79 Å². The fourth-order valence-corrected chi connectivity index (χ4v) is 2.63. The Bertz CT molecular complexity index is 763. The molecule has 6 nitrogen and oxygen atoms in total. The van der Waals surface area contributed by atoms with Crippen LogP contribution in [0.4, 0.5) is 0 Å². The zero-order valence-corrected chi connectivity index (χ0v) is 12.3. The van der Waals surface area contributed by atoms with Crippen LogP contribution in [0.2, 0.25) is 0 Å². The Morgan fingerprint density at radius 2 is 1.95 bits per heavy atom. The van der Waals surface area contributed by atoms with E-state index in [0.29, 0.717) is 0 Å². The number of rotatable bonds is 3. The van der Waals surface area contributed by atoms with Crippen molar-refractivity contribution >= 4 is 34.8 Å². The predicted octanol–water partition coefficient (Wildman–Crippen LogP) is 1.19. The second-order valence-corrected chi connectivity index (χ2v) is 5.05. The van der Waals surface area contributed by atoms with Crippen LogP contribution in [-0.2, 0) is 14.3 Å². The van der Waals surface area contributed by atoms with Gasteiger partial charge in [-0.1, -0.05) is 35.9 Å². The third kappa shape index (κ3) is 2.07. The molecule has 1 unspecified atom stereocenters. The van der Waals surface area contributed by atoms with Crippen molar-refractivity contribution < 1.29 is 19.1 Å². The first-order chi connectivity index (χ1) is 10.4. The number of hydrogen-bond acceptors (Lipinski definition) is 5. The quantitative estimate of drug-likeness (QED) is 0.296. The van der Waals surface area contributed by atoms with Gasteiger partial charge in [0.05, 0.1) is 6.61 Å². The van der Waals surface area contributed by atoms with Crippen LogP contribution in [0.5, 0.6) is 0 Å². The number of carbonyl (C=O) groups excluding carboxylic acids is 3. The number of amides is 1.